The summed E-state index contributed by atoms with van der Waals surface area (Å²) in [5, 5.41) is 8.67. The SMILES string of the molecule is CC1CCN(N=C(N)NC(=O)c2ccccc2)C1.Cl. The number of hydrazone groups is 1. The average Bonchev–Trinajstić information content (AvgIpc) is 2.75. The van der Waals surface area contributed by atoms with Gasteiger partial charge in [-0.25, -0.2) is 0 Å². The summed E-state index contributed by atoms with van der Waals surface area (Å²) >= 11 is 0. The van der Waals surface area contributed by atoms with E-state index in [1.807, 2.05) is 23.2 Å². The Hall–Kier alpha value is -1.75. The second kappa shape index (κ2) is 6.99. The average molecular weight is 283 g/mol. The van der Waals surface area contributed by atoms with Gasteiger partial charge in [0.1, 0.15) is 0 Å². The standard InChI is InChI=1S/C13H18N4O.ClH/c1-10-7-8-17(9-10)16-13(14)15-12(18)11-5-3-2-4-6-11;/h2-6,10H,7-9H2,1H3,(H3,14,15,16,18);1H. The first-order valence-corrected chi connectivity index (χ1v) is 6.10. The molecule has 6 heteroatoms. The molecule has 19 heavy (non-hydrogen) atoms. The van der Waals surface area contributed by atoms with Crippen LogP contribution in [0.3, 0.4) is 0 Å². The normalized spacial score (nSPS) is 18.9. The van der Waals surface area contributed by atoms with Crippen LogP contribution in [0, 0.1) is 5.92 Å². The molecule has 1 saturated heterocycles. The molecule has 0 aromatic heterocycles. The van der Waals surface area contributed by atoms with Crippen molar-refractivity contribution in [1.29, 1.82) is 0 Å². The minimum atomic E-state index is -0.232. The van der Waals surface area contributed by atoms with Crippen LogP contribution in [0.4, 0.5) is 0 Å². The van der Waals surface area contributed by atoms with E-state index in [1.54, 1.807) is 12.1 Å². The highest BCUT2D eigenvalue weighted by Crippen LogP contribution is 2.14. The number of nitrogens with zero attached hydrogens (tertiary/aromatic N) is 2. The summed E-state index contributed by atoms with van der Waals surface area (Å²) in [6, 6.07) is 8.95. The van der Waals surface area contributed by atoms with E-state index in [0.29, 0.717) is 11.5 Å². The summed E-state index contributed by atoms with van der Waals surface area (Å²) in [6.45, 7) is 3.96. The summed E-state index contributed by atoms with van der Waals surface area (Å²) < 4.78 is 0. The van der Waals surface area contributed by atoms with Crippen LogP contribution >= 0.6 is 12.4 Å². The number of rotatable bonds is 2. The number of guanidine groups is 1. The number of nitrogens with two attached hydrogens (primary N) is 1. The summed E-state index contributed by atoms with van der Waals surface area (Å²) in [5.41, 5.74) is 6.29. The van der Waals surface area contributed by atoms with Crippen molar-refractivity contribution in [1.82, 2.24) is 10.3 Å². The van der Waals surface area contributed by atoms with Gasteiger partial charge in [-0.1, -0.05) is 25.1 Å². The van der Waals surface area contributed by atoms with E-state index in [9.17, 15) is 4.79 Å². The Morgan fingerprint density at radius 2 is 2.11 bits per heavy atom. The Morgan fingerprint density at radius 3 is 2.68 bits per heavy atom. The van der Waals surface area contributed by atoms with E-state index in [0.717, 1.165) is 19.5 Å². The molecule has 1 atom stereocenters. The molecule has 5 nitrogen and oxygen atoms in total. The van der Waals surface area contributed by atoms with Crippen LogP contribution in [0.5, 0.6) is 0 Å². The van der Waals surface area contributed by atoms with Crippen molar-refractivity contribution in [2.24, 2.45) is 16.8 Å². The van der Waals surface area contributed by atoms with Gasteiger partial charge in [-0.2, -0.15) is 0 Å². The van der Waals surface area contributed by atoms with Gasteiger partial charge >= 0.3 is 0 Å². The van der Waals surface area contributed by atoms with Gasteiger partial charge in [0.15, 0.2) is 0 Å². The Balaban J connectivity index is 0.00000180. The molecule has 0 radical (unpaired) electrons. The van der Waals surface area contributed by atoms with Crippen LogP contribution < -0.4 is 11.1 Å². The van der Waals surface area contributed by atoms with Gasteiger partial charge in [0.05, 0.1) is 0 Å². The van der Waals surface area contributed by atoms with E-state index >= 15 is 0 Å². The maximum atomic E-state index is 11.8. The van der Waals surface area contributed by atoms with Crippen molar-refractivity contribution in [3.05, 3.63) is 35.9 Å². The lowest BCUT2D eigenvalue weighted by Gasteiger charge is -2.12. The number of amides is 1. The maximum absolute atomic E-state index is 11.8. The van der Waals surface area contributed by atoms with Gasteiger partial charge < -0.3 is 5.73 Å². The minimum Gasteiger partial charge on any atom is -0.368 e. The van der Waals surface area contributed by atoms with Gasteiger partial charge in [0, 0.05) is 18.7 Å². The van der Waals surface area contributed by atoms with E-state index in [4.69, 9.17) is 5.73 Å². The number of hydrogen-bond donors (Lipinski definition) is 2. The first-order chi connectivity index (χ1) is 8.65. The lowest BCUT2D eigenvalue weighted by atomic mass is 10.2. The van der Waals surface area contributed by atoms with E-state index in [2.05, 4.69) is 17.3 Å². The highest BCUT2D eigenvalue weighted by molar-refractivity contribution is 6.05. The molecule has 0 aliphatic carbocycles. The van der Waals surface area contributed by atoms with E-state index < -0.39 is 0 Å². The van der Waals surface area contributed by atoms with Crippen molar-refractivity contribution in [3.8, 4) is 0 Å². The first kappa shape index (κ1) is 15.3. The number of nitrogens with one attached hydrogen (secondary N) is 1. The van der Waals surface area contributed by atoms with Crippen molar-refractivity contribution >= 4 is 24.3 Å². The van der Waals surface area contributed by atoms with Crippen LogP contribution in [0.1, 0.15) is 23.7 Å². The topological polar surface area (TPSA) is 70.7 Å². The van der Waals surface area contributed by atoms with Crippen LogP contribution in [0.2, 0.25) is 0 Å². The summed E-state index contributed by atoms with van der Waals surface area (Å²) in [4.78, 5) is 11.8. The van der Waals surface area contributed by atoms with E-state index in [-0.39, 0.29) is 24.3 Å². The molecule has 1 aliphatic rings. The molecule has 2 rings (SSSR count). The number of hydrogen-bond acceptors (Lipinski definition) is 3. The number of benzene rings is 1. The van der Waals surface area contributed by atoms with E-state index in [1.165, 1.54) is 0 Å². The fourth-order valence-corrected chi connectivity index (χ4v) is 1.96. The number of carbonyl (C=O) groups excluding carboxylic acids is 1. The van der Waals surface area contributed by atoms with Gasteiger partial charge in [-0.15, -0.1) is 17.5 Å². The quantitative estimate of drug-likeness (QED) is 0.636. The zero-order valence-corrected chi connectivity index (χ0v) is 11.7. The fourth-order valence-electron chi connectivity index (χ4n) is 1.96. The third-order valence-corrected chi connectivity index (χ3v) is 2.93. The van der Waals surface area contributed by atoms with Crippen molar-refractivity contribution in [2.45, 2.75) is 13.3 Å². The van der Waals surface area contributed by atoms with Crippen LogP contribution in [-0.2, 0) is 0 Å². The molecule has 1 fully saturated rings. The van der Waals surface area contributed by atoms with Crippen LogP contribution in [0.15, 0.2) is 35.4 Å². The molecule has 1 aromatic carbocycles. The molecule has 0 spiro atoms. The lowest BCUT2D eigenvalue weighted by Crippen LogP contribution is -2.38. The van der Waals surface area contributed by atoms with Gasteiger partial charge in [0.25, 0.3) is 5.91 Å². The highest BCUT2D eigenvalue weighted by atomic mass is 35.5. The summed E-state index contributed by atoms with van der Waals surface area (Å²) in [5.74, 6) is 0.549. The molecule has 1 unspecified atom stereocenters. The zero-order chi connectivity index (χ0) is 13.0. The van der Waals surface area contributed by atoms with Crippen molar-refractivity contribution < 1.29 is 4.79 Å². The Labute approximate surface area is 119 Å². The smallest absolute Gasteiger partial charge is 0.257 e. The van der Waals surface area contributed by atoms with Crippen LogP contribution in [0.25, 0.3) is 0 Å². The minimum absolute atomic E-state index is 0. The Bertz CT molecular complexity index is 449. The fraction of sp³-hybridized carbons (Fsp3) is 0.385. The van der Waals surface area contributed by atoms with Gasteiger partial charge in [-0.05, 0) is 24.5 Å². The second-order valence-electron chi connectivity index (χ2n) is 4.61. The lowest BCUT2D eigenvalue weighted by molar-refractivity contribution is 0.0976. The predicted molar refractivity (Wildman–Crippen MR) is 78.1 cm³/mol. The van der Waals surface area contributed by atoms with Crippen molar-refractivity contribution in [2.75, 3.05) is 13.1 Å². The van der Waals surface area contributed by atoms with Crippen LogP contribution in [-0.4, -0.2) is 30.0 Å². The molecule has 104 valence electrons. The molecular formula is C13H19ClN4O. The van der Waals surface area contributed by atoms with Crippen molar-refractivity contribution in [3.63, 3.8) is 0 Å². The molecule has 0 bridgehead atoms. The molecule has 1 aromatic rings. The predicted octanol–water partition coefficient (Wildman–Crippen LogP) is 1.41. The zero-order valence-electron chi connectivity index (χ0n) is 10.9. The summed E-state index contributed by atoms with van der Waals surface area (Å²) in [6.07, 6.45) is 1.11. The molecule has 0 saturated carbocycles. The third-order valence-electron chi connectivity index (χ3n) is 2.93. The number of halogens is 1. The summed E-state index contributed by atoms with van der Waals surface area (Å²) in [7, 11) is 0. The molecule has 1 amide bonds. The second-order valence-corrected chi connectivity index (χ2v) is 4.61. The largest absolute Gasteiger partial charge is 0.368 e. The molecule has 3 N–H and O–H groups in total. The third kappa shape index (κ3) is 4.44. The maximum Gasteiger partial charge on any atom is 0.257 e. The monoisotopic (exact) mass is 282 g/mol. The highest BCUT2D eigenvalue weighted by Gasteiger charge is 2.17. The number of carbonyl (C=O) groups is 1. The molecule has 1 heterocycles. The molecule has 1 aliphatic heterocycles. The molecular weight excluding hydrogens is 264 g/mol. The first-order valence-electron chi connectivity index (χ1n) is 6.10. The van der Waals surface area contributed by atoms with Gasteiger partial charge in [-0.3, -0.25) is 15.1 Å². The Morgan fingerprint density at radius 1 is 1.42 bits per heavy atom. The Kier molecular flexibility index (Phi) is 5.63. The van der Waals surface area contributed by atoms with Gasteiger partial charge in [0.2, 0.25) is 5.96 Å².